The molecule has 1 aliphatic heterocycles. The van der Waals surface area contributed by atoms with Gasteiger partial charge in [-0.2, -0.15) is 0 Å². The summed E-state index contributed by atoms with van der Waals surface area (Å²) in [4.78, 5) is 0. The minimum absolute atomic E-state index is 0.0577. The Bertz CT molecular complexity index is 2450. The number of para-hydroxylation sites is 4. The smallest absolute Gasteiger partial charge is 0.0582 e. The second kappa shape index (κ2) is 8.49. The SMILES string of the molecule is Cc1ccccc1-n1c2ccc(-c3ccc4c(c3)c3cccc5c3n4-c3ccccc3C5(C)C)cc2c2cccc(C)c21. The number of aromatic nitrogens is 2. The topological polar surface area (TPSA) is 9.86 Å². The normalized spacial score (nSPS) is 13.8. The van der Waals surface area contributed by atoms with Gasteiger partial charge in [-0.05, 0) is 83.6 Å². The second-order valence-electron chi connectivity index (χ2n) is 12.7. The molecule has 0 atom stereocenters. The molecule has 0 aliphatic carbocycles. The number of fused-ring (bicyclic) bond motifs is 8. The van der Waals surface area contributed by atoms with Crippen molar-refractivity contribution in [2.24, 2.45) is 0 Å². The zero-order chi connectivity index (χ0) is 29.0. The Balaban J connectivity index is 1.31. The van der Waals surface area contributed by atoms with Gasteiger partial charge in [-0.15, -0.1) is 0 Å². The van der Waals surface area contributed by atoms with Gasteiger partial charge < -0.3 is 9.13 Å². The van der Waals surface area contributed by atoms with Gasteiger partial charge in [-0.1, -0.05) is 98.8 Å². The lowest BCUT2D eigenvalue weighted by Gasteiger charge is -2.34. The zero-order valence-electron chi connectivity index (χ0n) is 24.9. The van der Waals surface area contributed by atoms with E-state index in [1.165, 1.54) is 88.4 Å². The summed E-state index contributed by atoms with van der Waals surface area (Å²) in [5.74, 6) is 0. The molecule has 0 spiro atoms. The summed E-state index contributed by atoms with van der Waals surface area (Å²) in [6.07, 6.45) is 0. The molecule has 3 heterocycles. The predicted octanol–water partition coefficient (Wildman–Crippen LogP) is 10.8. The van der Waals surface area contributed by atoms with Crippen LogP contribution in [0, 0.1) is 13.8 Å². The van der Waals surface area contributed by atoms with Gasteiger partial charge in [0.25, 0.3) is 0 Å². The first-order valence-electron chi connectivity index (χ1n) is 15.2. The monoisotopic (exact) mass is 552 g/mol. The van der Waals surface area contributed by atoms with E-state index in [4.69, 9.17) is 0 Å². The number of rotatable bonds is 2. The van der Waals surface area contributed by atoms with Crippen molar-refractivity contribution in [2.45, 2.75) is 33.1 Å². The molecule has 0 saturated heterocycles. The van der Waals surface area contributed by atoms with Crippen LogP contribution in [0.3, 0.4) is 0 Å². The van der Waals surface area contributed by atoms with Crippen LogP contribution in [0.25, 0.3) is 66.1 Å². The van der Waals surface area contributed by atoms with Crippen LogP contribution in [0.2, 0.25) is 0 Å². The summed E-state index contributed by atoms with van der Waals surface area (Å²) in [6, 6.07) is 45.2. The number of benzene rings is 6. The third-order valence-electron chi connectivity index (χ3n) is 9.96. The number of nitrogens with zero attached hydrogens (tertiary/aromatic N) is 2. The van der Waals surface area contributed by atoms with E-state index in [1.807, 2.05) is 0 Å². The van der Waals surface area contributed by atoms with E-state index in [9.17, 15) is 0 Å². The lowest BCUT2D eigenvalue weighted by molar-refractivity contribution is 0.630. The molecule has 1 aliphatic rings. The van der Waals surface area contributed by atoms with Crippen LogP contribution in [0.15, 0.2) is 121 Å². The zero-order valence-corrected chi connectivity index (χ0v) is 24.9. The molecule has 0 bridgehead atoms. The highest BCUT2D eigenvalue weighted by Crippen LogP contribution is 2.48. The number of aryl methyl sites for hydroxylation is 2. The standard InChI is InChI=1S/C41H32N2/c1-25-11-5-7-17-35(25)42-36-21-19-27(23-31(36)29-13-9-12-26(2)39(29)42)28-20-22-37-32(24-28)30-14-10-16-34-40(30)43(37)38-18-8-6-15-33(38)41(34,3)4/h5-24H,1-4H3. The third-order valence-corrected chi connectivity index (χ3v) is 9.96. The van der Waals surface area contributed by atoms with Crippen LogP contribution in [-0.4, -0.2) is 9.13 Å². The Hall–Kier alpha value is -5.08. The minimum atomic E-state index is -0.0577. The maximum absolute atomic E-state index is 2.49. The Morgan fingerprint density at radius 3 is 1.67 bits per heavy atom. The highest BCUT2D eigenvalue weighted by atomic mass is 15.0. The largest absolute Gasteiger partial charge is 0.309 e. The Kier molecular flexibility index (Phi) is 4.84. The highest BCUT2D eigenvalue weighted by Gasteiger charge is 2.34. The van der Waals surface area contributed by atoms with Gasteiger partial charge in [0, 0.05) is 32.6 Å². The molecule has 0 radical (unpaired) electrons. The molecule has 206 valence electrons. The molecule has 8 aromatic rings. The van der Waals surface area contributed by atoms with Crippen molar-refractivity contribution in [3.63, 3.8) is 0 Å². The first kappa shape index (κ1) is 24.5. The fraction of sp³-hybridized carbons (Fsp3) is 0.122. The lowest BCUT2D eigenvalue weighted by Crippen LogP contribution is -2.26. The fourth-order valence-electron chi connectivity index (χ4n) is 7.83. The van der Waals surface area contributed by atoms with Gasteiger partial charge in [0.2, 0.25) is 0 Å². The molecular formula is C41H32N2. The molecule has 0 fully saturated rings. The van der Waals surface area contributed by atoms with Crippen molar-refractivity contribution in [1.29, 1.82) is 0 Å². The summed E-state index contributed by atoms with van der Waals surface area (Å²) in [5.41, 5.74) is 15.4. The van der Waals surface area contributed by atoms with E-state index < -0.39 is 0 Å². The van der Waals surface area contributed by atoms with E-state index in [-0.39, 0.29) is 5.41 Å². The van der Waals surface area contributed by atoms with Gasteiger partial charge in [-0.25, -0.2) is 0 Å². The Labute approximate surface area is 251 Å². The predicted molar refractivity (Wildman–Crippen MR) is 182 cm³/mol. The fourth-order valence-corrected chi connectivity index (χ4v) is 7.83. The average molecular weight is 553 g/mol. The van der Waals surface area contributed by atoms with Crippen LogP contribution in [0.5, 0.6) is 0 Å². The molecule has 0 N–H and O–H groups in total. The molecule has 2 aromatic heterocycles. The van der Waals surface area contributed by atoms with Crippen LogP contribution < -0.4 is 0 Å². The molecular weight excluding hydrogens is 520 g/mol. The van der Waals surface area contributed by atoms with Gasteiger partial charge in [0.15, 0.2) is 0 Å². The van der Waals surface area contributed by atoms with Crippen molar-refractivity contribution < 1.29 is 0 Å². The Morgan fingerprint density at radius 2 is 0.977 bits per heavy atom. The molecule has 2 heteroatoms. The molecule has 9 rings (SSSR count). The highest BCUT2D eigenvalue weighted by molar-refractivity contribution is 6.14. The average Bonchev–Trinajstić information content (AvgIpc) is 3.54. The van der Waals surface area contributed by atoms with Gasteiger partial charge in [0.05, 0.1) is 27.8 Å². The van der Waals surface area contributed by atoms with Gasteiger partial charge in [0.1, 0.15) is 0 Å². The minimum Gasteiger partial charge on any atom is -0.309 e. The van der Waals surface area contributed by atoms with Crippen molar-refractivity contribution in [1.82, 2.24) is 9.13 Å². The molecule has 0 amide bonds. The quantitative estimate of drug-likeness (QED) is 0.202. The van der Waals surface area contributed by atoms with Gasteiger partial charge in [-0.3, -0.25) is 0 Å². The number of hydrogen-bond donors (Lipinski definition) is 0. The van der Waals surface area contributed by atoms with Crippen molar-refractivity contribution in [2.75, 3.05) is 0 Å². The van der Waals surface area contributed by atoms with Crippen molar-refractivity contribution in [3.05, 3.63) is 144 Å². The molecule has 6 aromatic carbocycles. The van der Waals surface area contributed by atoms with E-state index in [0.29, 0.717) is 0 Å². The second-order valence-corrected chi connectivity index (χ2v) is 12.7. The Morgan fingerprint density at radius 1 is 0.442 bits per heavy atom. The molecule has 43 heavy (non-hydrogen) atoms. The van der Waals surface area contributed by atoms with Crippen molar-refractivity contribution >= 4 is 43.6 Å². The summed E-state index contributed by atoms with van der Waals surface area (Å²) in [5, 5.41) is 5.22. The summed E-state index contributed by atoms with van der Waals surface area (Å²) >= 11 is 0. The summed E-state index contributed by atoms with van der Waals surface area (Å²) < 4.78 is 4.94. The number of hydrogen-bond acceptors (Lipinski definition) is 0. The third kappa shape index (κ3) is 3.18. The maximum atomic E-state index is 2.49. The summed E-state index contributed by atoms with van der Waals surface area (Å²) in [7, 11) is 0. The maximum Gasteiger partial charge on any atom is 0.0582 e. The van der Waals surface area contributed by atoms with E-state index in [0.717, 1.165) is 0 Å². The molecule has 0 saturated carbocycles. The molecule has 2 nitrogen and oxygen atoms in total. The summed E-state index contributed by atoms with van der Waals surface area (Å²) in [6.45, 7) is 9.14. The van der Waals surface area contributed by atoms with Crippen LogP contribution in [0.1, 0.15) is 36.1 Å². The van der Waals surface area contributed by atoms with Gasteiger partial charge >= 0.3 is 0 Å². The van der Waals surface area contributed by atoms with E-state index in [2.05, 4.69) is 158 Å². The molecule has 0 unspecified atom stereocenters. The lowest BCUT2D eigenvalue weighted by atomic mass is 9.75. The first-order chi connectivity index (χ1) is 20.9. The first-order valence-corrected chi connectivity index (χ1v) is 15.2. The van der Waals surface area contributed by atoms with E-state index >= 15 is 0 Å². The van der Waals surface area contributed by atoms with Crippen LogP contribution in [-0.2, 0) is 5.41 Å². The van der Waals surface area contributed by atoms with Crippen LogP contribution in [0.4, 0.5) is 0 Å². The van der Waals surface area contributed by atoms with E-state index in [1.54, 1.807) is 0 Å². The van der Waals surface area contributed by atoms with Crippen molar-refractivity contribution in [3.8, 4) is 22.5 Å². The van der Waals surface area contributed by atoms with Crippen LogP contribution >= 0.6 is 0 Å².